The summed E-state index contributed by atoms with van der Waals surface area (Å²) in [6.45, 7) is 4.04. The van der Waals surface area contributed by atoms with Gasteiger partial charge in [-0.15, -0.1) is 11.8 Å². The maximum Gasteiger partial charge on any atom is 0.255 e. The zero-order valence-electron chi connectivity index (χ0n) is 17.1. The molecule has 1 saturated heterocycles. The van der Waals surface area contributed by atoms with Gasteiger partial charge in [0.1, 0.15) is 5.37 Å². The van der Waals surface area contributed by atoms with Gasteiger partial charge in [0.05, 0.1) is 5.75 Å². The van der Waals surface area contributed by atoms with Crippen LogP contribution in [0.2, 0.25) is 0 Å². The van der Waals surface area contributed by atoms with Gasteiger partial charge < -0.3 is 5.32 Å². The molecular formula is C25H24N2O2S. The molecule has 1 heterocycles. The van der Waals surface area contributed by atoms with Crippen molar-refractivity contribution in [3.8, 4) is 0 Å². The molecular weight excluding hydrogens is 392 g/mol. The van der Waals surface area contributed by atoms with Gasteiger partial charge in [0.25, 0.3) is 5.91 Å². The molecule has 4 rings (SSSR count). The van der Waals surface area contributed by atoms with Crippen molar-refractivity contribution in [2.45, 2.75) is 25.6 Å². The molecule has 1 fully saturated rings. The average molecular weight is 417 g/mol. The number of amides is 2. The molecule has 0 spiro atoms. The van der Waals surface area contributed by atoms with Crippen molar-refractivity contribution < 1.29 is 9.59 Å². The number of benzene rings is 3. The monoisotopic (exact) mass is 416 g/mol. The molecule has 1 aliphatic rings. The molecule has 0 radical (unpaired) electrons. The summed E-state index contributed by atoms with van der Waals surface area (Å²) in [5.41, 5.74) is 5.54. The Morgan fingerprint density at radius 3 is 2.57 bits per heavy atom. The van der Waals surface area contributed by atoms with E-state index in [2.05, 4.69) is 24.4 Å². The van der Waals surface area contributed by atoms with Crippen LogP contribution in [0.4, 0.5) is 11.4 Å². The molecule has 0 saturated carbocycles. The number of anilines is 2. The number of carbonyl (C=O) groups is 2. The molecule has 1 aliphatic heterocycles. The summed E-state index contributed by atoms with van der Waals surface area (Å²) in [4.78, 5) is 27.0. The molecule has 30 heavy (non-hydrogen) atoms. The highest BCUT2D eigenvalue weighted by molar-refractivity contribution is 8.00. The second kappa shape index (κ2) is 8.76. The first-order valence-electron chi connectivity index (χ1n) is 10.1. The quantitative estimate of drug-likeness (QED) is 0.590. The van der Waals surface area contributed by atoms with Crippen LogP contribution in [0, 0.1) is 6.92 Å². The van der Waals surface area contributed by atoms with Gasteiger partial charge in [0, 0.05) is 16.9 Å². The fourth-order valence-corrected chi connectivity index (χ4v) is 4.81. The molecule has 3 aromatic carbocycles. The highest BCUT2D eigenvalue weighted by Gasteiger charge is 2.34. The smallest absolute Gasteiger partial charge is 0.255 e. The van der Waals surface area contributed by atoms with Gasteiger partial charge >= 0.3 is 0 Å². The Labute approximate surface area is 181 Å². The number of nitrogens with one attached hydrogen (secondary N) is 1. The Morgan fingerprint density at radius 2 is 1.83 bits per heavy atom. The molecule has 0 aliphatic carbocycles. The van der Waals surface area contributed by atoms with E-state index in [1.807, 2.05) is 72.5 Å². The molecule has 152 valence electrons. The Morgan fingerprint density at radius 1 is 1.07 bits per heavy atom. The van der Waals surface area contributed by atoms with Crippen LogP contribution in [0.15, 0.2) is 72.8 Å². The Bertz CT molecular complexity index is 1080. The topological polar surface area (TPSA) is 49.4 Å². The van der Waals surface area contributed by atoms with E-state index < -0.39 is 0 Å². The van der Waals surface area contributed by atoms with Crippen LogP contribution in [0.5, 0.6) is 0 Å². The average Bonchev–Trinajstić information content (AvgIpc) is 3.16. The normalized spacial score (nSPS) is 16.0. The fraction of sp³-hybridized carbons (Fsp3) is 0.200. The summed E-state index contributed by atoms with van der Waals surface area (Å²) in [7, 11) is 0. The van der Waals surface area contributed by atoms with Crippen molar-refractivity contribution in [3.63, 3.8) is 0 Å². The van der Waals surface area contributed by atoms with Gasteiger partial charge in [0.15, 0.2) is 0 Å². The number of aryl methyl sites for hydroxylation is 2. The number of carbonyl (C=O) groups excluding carboxylic acids is 2. The lowest BCUT2D eigenvalue weighted by Gasteiger charge is -2.25. The van der Waals surface area contributed by atoms with Crippen molar-refractivity contribution in [1.29, 1.82) is 0 Å². The first kappa shape index (κ1) is 20.2. The van der Waals surface area contributed by atoms with E-state index in [0.717, 1.165) is 28.9 Å². The third-order valence-electron chi connectivity index (χ3n) is 5.31. The molecule has 4 nitrogen and oxygen atoms in total. The van der Waals surface area contributed by atoms with Gasteiger partial charge in [-0.25, -0.2) is 0 Å². The molecule has 0 aromatic heterocycles. The molecule has 5 heteroatoms. The van der Waals surface area contributed by atoms with E-state index in [9.17, 15) is 9.59 Å². The van der Waals surface area contributed by atoms with Crippen LogP contribution < -0.4 is 10.2 Å². The zero-order chi connectivity index (χ0) is 21.1. The molecule has 0 unspecified atom stereocenters. The second-order valence-electron chi connectivity index (χ2n) is 7.34. The minimum Gasteiger partial charge on any atom is -0.322 e. The largest absolute Gasteiger partial charge is 0.322 e. The second-order valence-corrected chi connectivity index (χ2v) is 8.41. The number of hydrogen-bond acceptors (Lipinski definition) is 3. The first-order valence-corrected chi connectivity index (χ1v) is 11.1. The first-order chi connectivity index (χ1) is 14.6. The lowest BCUT2D eigenvalue weighted by atomic mass is 10.1. The molecule has 1 atom stereocenters. The maximum absolute atomic E-state index is 12.6. The Kier molecular flexibility index (Phi) is 5.91. The summed E-state index contributed by atoms with van der Waals surface area (Å²) in [6, 6.07) is 23.5. The van der Waals surface area contributed by atoms with Gasteiger partial charge in [-0.05, 0) is 60.4 Å². The van der Waals surface area contributed by atoms with Crippen LogP contribution >= 0.6 is 11.8 Å². The van der Waals surface area contributed by atoms with Crippen LogP contribution in [0.3, 0.4) is 0 Å². The van der Waals surface area contributed by atoms with Crippen molar-refractivity contribution in [3.05, 3.63) is 95.1 Å². The highest BCUT2D eigenvalue weighted by atomic mass is 32.2. The number of nitrogens with zero attached hydrogens (tertiary/aromatic N) is 1. The van der Waals surface area contributed by atoms with Crippen LogP contribution in [-0.4, -0.2) is 17.6 Å². The van der Waals surface area contributed by atoms with Crippen molar-refractivity contribution in [2.24, 2.45) is 0 Å². The van der Waals surface area contributed by atoms with E-state index in [1.165, 1.54) is 5.56 Å². The van der Waals surface area contributed by atoms with Crippen molar-refractivity contribution in [1.82, 2.24) is 0 Å². The van der Waals surface area contributed by atoms with Gasteiger partial charge in [-0.1, -0.05) is 49.4 Å². The van der Waals surface area contributed by atoms with E-state index in [1.54, 1.807) is 11.8 Å². The van der Waals surface area contributed by atoms with Gasteiger partial charge in [0.2, 0.25) is 5.91 Å². The lowest BCUT2D eigenvalue weighted by molar-refractivity contribution is -0.115. The maximum atomic E-state index is 12.6. The van der Waals surface area contributed by atoms with E-state index in [4.69, 9.17) is 0 Å². The summed E-state index contributed by atoms with van der Waals surface area (Å²) in [5.74, 6) is 0.465. The summed E-state index contributed by atoms with van der Waals surface area (Å²) >= 11 is 1.63. The van der Waals surface area contributed by atoms with Crippen LogP contribution in [0.1, 0.15) is 39.3 Å². The van der Waals surface area contributed by atoms with Crippen LogP contribution in [-0.2, 0) is 11.2 Å². The molecule has 3 aromatic rings. The fourth-order valence-electron chi connectivity index (χ4n) is 3.63. The third kappa shape index (κ3) is 4.12. The van der Waals surface area contributed by atoms with Gasteiger partial charge in [-0.3, -0.25) is 14.5 Å². The summed E-state index contributed by atoms with van der Waals surface area (Å²) < 4.78 is 0. The minimum atomic E-state index is -0.121. The van der Waals surface area contributed by atoms with E-state index in [-0.39, 0.29) is 17.2 Å². The number of hydrogen-bond donors (Lipinski definition) is 1. The highest BCUT2D eigenvalue weighted by Crippen LogP contribution is 2.42. The Hall–Kier alpha value is -3.05. The van der Waals surface area contributed by atoms with Crippen LogP contribution in [0.25, 0.3) is 0 Å². The standard InChI is InChI=1S/C25H24N2O2S/c1-3-18-8-6-9-21(15-18)27-23(28)16-30-25(27)19-11-13-20(14-12-19)26-24(29)22-10-5-4-7-17(22)2/h4-15,25H,3,16H2,1-2H3,(H,26,29)/t25-/m0/s1. The molecule has 1 N–H and O–H groups in total. The summed E-state index contributed by atoms with van der Waals surface area (Å²) in [5, 5.41) is 2.89. The SMILES string of the molecule is CCc1cccc(N2C(=O)CS[C@H]2c2ccc(NC(=O)c3ccccc3C)cc2)c1. The van der Waals surface area contributed by atoms with Crippen molar-refractivity contribution >= 4 is 35.0 Å². The minimum absolute atomic E-state index is 0.0641. The molecule has 2 amide bonds. The summed E-state index contributed by atoms with van der Waals surface area (Å²) in [6.07, 6.45) is 0.933. The Balaban J connectivity index is 1.53. The van der Waals surface area contributed by atoms with E-state index >= 15 is 0 Å². The number of thioether (sulfide) groups is 1. The molecule has 0 bridgehead atoms. The number of rotatable bonds is 5. The third-order valence-corrected chi connectivity index (χ3v) is 6.52. The van der Waals surface area contributed by atoms with Crippen molar-refractivity contribution in [2.75, 3.05) is 16.0 Å². The van der Waals surface area contributed by atoms with Gasteiger partial charge in [-0.2, -0.15) is 0 Å². The predicted molar refractivity (Wildman–Crippen MR) is 124 cm³/mol. The predicted octanol–water partition coefficient (Wildman–Crippen LogP) is 5.59. The lowest BCUT2D eigenvalue weighted by Crippen LogP contribution is -2.27. The van der Waals surface area contributed by atoms with E-state index in [0.29, 0.717) is 11.3 Å². The zero-order valence-corrected chi connectivity index (χ0v) is 17.9.